The van der Waals surface area contributed by atoms with E-state index in [2.05, 4.69) is 17.3 Å². The van der Waals surface area contributed by atoms with E-state index in [1.165, 1.54) is 0 Å². The second-order valence-electron chi connectivity index (χ2n) is 9.92. The maximum absolute atomic E-state index is 12.9. The number of benzene rings is 1. The van der Waals surface area contributed by atoms with E-state index in [4.69, 9.17) is 14.2 Å². The van der Waals surface area contributed by atoms with Crippen LogP contribution in [0.3, 0.4) is 0 Å². The maximum Gasteiger partial charge on any atom is 0.227 e. The summed E-state index contributed by atoms with van der Waals surface area (Å²) in [5.41, 5.74) is 1.75. The molecule has 4 heterocycles. The van der Waals surface area contributed by atoms with Crippen LogP contribution in [0.1, 0.15) is 37.2 Å². The third-order valence-corrected chi connectivity index (χ3v) is 7.62. The highest BCUT2D eigenvalue weighted by atomic mass is 16.6. The van der Waals surface area contributed by atoms with Crippen LogP contribution >= 0.6 is 0 Å². The van der Waals surface area contributed by atoms with E-state index in [1.807, 2.05) is 23.1 Å². The van der Waals surface area contributed by atoms with Crippen LogP contribution in [0.15, 0.2) is 18.2 Å². The van der Waals surface area contributed by atoms with E-state index in [0.29, 0.717) is 26.1 Å². The number of rotatable bonds is 5. The zero-order chi connectivity index (χ0) is 23.7. The number of nitrogens with zero attached hydrogens (tertiary/aromatic N) is 2. The number of amides is 2. The molecule has 9 heteroatoms. The smallest absolute Gasteiger partial charge is 0.227 e. The Kier molecular flexibility index (Phi) is 7.06. The van der Waals surface area contributed by atoms with E-state index >= 15 is 0 Å². The van der Waals surface area contributed by atoms with Gasteiger partial charge in [0, 0.05) is 62.5 Å². The van der Waals surface area contributed by atoms with Crippen molar-refractivity contribution < 1.29 is 28.9 Å². The van der Waals surface area contributed by atoms with Gasteiger partial charge in [0.05, 0.1) is 19.1 Å². The highest BCUT2D eigenvalue weighted by molar-refractivity contribution is 5.92. The van der Waals surface area contributed by atoms with Gasteiger partial charge in [-0.2, -0.15) is 0 Å². The molecule has 3 fully saturated rings. The van der Waals surface area contributed by atoms with Gasteiger partial charge in [0.2, 0.25) is 11.8 Å². The van der Waals surface area contributed by atoms with Gasteiger partial charge in [-0.15, -0.1) is 0 Å². The average Bonchev–Trinajstić information content (AvgIpc) is 3.22. The fourth-order valence-corrected chi connectivity index (χ4v) is 5.55. The van der Waals surface area contributed by atoms with Gasteiger partial charge >= 0.3 is 0 Å². The zero-order valence-electron chi connectivity index (χ0n) is 19.8. The summed E-state index contributed by atoms with van der Waals surface area (Å²) in [7, 11) is 2.07. The first-order valence-corrected chi connectivity index (χ1v) is 12.4. The Labute approximate surface area is 200 Å². The van der Waals surface area contributed by atoms with E-state index in [9.17, 15) is 14.7 Å². The van der Waals surface area contributed by atoms with E-state index in [-0.39, 0.29) is 42.5 Å². The second kappa shape index (κ2) is 10.2. The number of carbonyl (C=O) groups excluding carboxylic acids is 2. The van der Waals surface area contributed by atoms with E-state index < -0.39 is 6.10 Å². The van der Waals surface area contributed by atoms with Crippen molar-refractivity contribution in [2.24, 2.45) is 5.92 Å². The van der Waals surface area contributed by atoms with Crippen LogP contribution in [0, 0.1) is 5.92 Å². The Morgan fingerprint density at radius 2 is 1.91 bits per heavy atom. The highest BCUT2D eigenvalue weighted by Crippen LogP contribution is 2.47. The van der Waals surface area contributed by atoms with Crippen LogP contribution in [0.2, 0.25) is 0 Å². The normalized spacial score (nSPS) is 29.8. The second-order valence-corrected chi connectivity index (χ2v) is 9.92. The monoisotopic (exact) mass is 473 g/mol. The number of anilines is 1. The molecule has 0 bridgehead atoms. The van der Waals surface area contributed by atoms with Gasteiger partial charge in [-0.05, 0) is 44.5 Å². The molecular weight excluding hydrogens is 438 g/mol. The molecule has 4 aliphatic heterocycles. The Morgan fingerprint density at radius 1 is 1.15 bits per heavy atom. The molecule has 4 atom stereocenters. The van der Waals surface area contributed by atoms with Crippen molar-refractivity contribution in [1.29, 1.82) is 0 Å². The standard InChI is InChI=1S/C25H35N3O6/c1-27-6-8-28(9-7-27)23(30)14-18-13-20-19-12-17(26-25(31)16-4-10-32-11-5-16)2-3-21(19)34-24(20)22(15-29)33-18/h2-3,12,16,18,20,22,24,29H,4-11,13-15H2,1H3,(H,26,31)/t18-,20-,22-,24+/m0/s1. The summed E-state index contributed by atoms with van der Waals surface area (Å²) in [4.78, 5) is 29.7. The summed E-state index contributed by atoms with van der Waals surface area (Å²) in [6.07, 6.45) is 1.37. The van der Waals surface area contributed by atoms with Crippen molar-refractivity contribution in [3.63, 3.8) is 0 Å². The molecule has 2 N–H and O–H groups in total. The minimum atomic E-state index is -0.489. The summed E-state index contributed by atoms with van der Waals surface area (Å²) >= 11 is 0. The number of hydrogen-bond acceptors (Lipinski definition) is 7. The summed E-state index contributed by atoms with van der Waals surface area (Å²) in [5, 5.41) is 13.0. The Bertz CT molecular complexity index is 897. The molecule has 0 saturated carbocycles. The number of aliphatic hydroxyl groups is 1. The molecule has 34 heavy (non-hydrogen) atoms. The molecule has 1 aromatic rings. The number of fused-ring (bicyclic) bond motifs is 3. The van der Waals surface area contributed by atoms with Gasteiger partial charge in [-0.1, -0.05) is 0 Å². The van der Waals surface area contributed by atoms with Gasteiger partial charge in [0.15, 0.2) is 0 Å². The van der Waals surface area contributed by atoms with Crippen molar-refractivity contribution in [2.45, 2.75) is 49.9 Å². The maximum atomic E-state index is 12.9. The molecule has 5 rings (SSSR count). The van der Waals surface area contributed by atoms with Crippen molar-refractivity contribution >= 4 is 17.5 Å². The fourth-order valence-electron chi connectivity index (χ4n) is 5.55. The zero-order valence-corrected chi connectivity index (χ0v) is 19.8. The lowest BCUT2D eigenvalue weighted by molar-refractivity contribution is -0.150. The summed E-state index contributed by atoms with van der Waals surface area (Å²) in [6.45, 7) is 4.31. The lowest BCUT2D eigenvalue weighted by atomic mass is 9.84. The molecule has 0 aromatic heterocycles. The minimum Gasteiger partial charge on any atom is -0.487 e. The van der Waals surface area contributed by atoms with Crippen LogP contribution < -0.4 is 10.1 Å². The van der Waals surface area contributed by atoms with E-state index in [0.717, 1.165) is 56.0 Å². The Balaban J connectivity index is 1.27. The highest BCUT2D eigenvalue weighted by Gasteiger charge is 2.46. The number of aliphatic hydroxyl groups excluding tert-OH is 1. The van der Waals surface area contributed by atoms with Crippen LogP contribution in [0.4, 0.5) is 5.69 Å². The molecule has 3 saturated heterocycles. The lowest BCUT2D eigenvalue weighted by Gasteiger charge is -2.38. The van der Waals surface area contributed by atoms with Gasteiger partial charge in [0.1, 0.15) is 18.0 Å². The molecule has 1 aromatic carbocycles. The van der Waals surface area contributed by atoms with Gasteiger partial charge < -0.3 is 34.4 Å². The SMILES string of the molecule is CN1CCN(C(=O)C[C@@H]2C[C@H]3c4cc(NC(=O)C5CCOCC5)ccc4O[C@H]3[C@H](CO)O2)CC1. The minimum absolute atomic E-state index is 0.00567. The van der Waals surface area contributed by atoms with Crippen LogP contribution in [-0.2, 0) is 19.1 Å². The predicted molar refractivity (Wildman–Crippen MR) is 125 cm³/mol. The van der Waals surface area contributed by atoms with Crippen molar-refractivity contribution in [3.8, 4) is 5.75 Å². The number of ether oxygens (including phenoxy) is 3. The number of hydrogen-bond donors (Lipinski definition) is 2. The molecule has 0 aliphatic carbocycles. The Morgan fingerprint density at radius 3 is 2.65 bits per heavy atom. The number of carbonyl (C=O) groups is 2. The first-order valence-electron chi connectivity index (χ1n) is 12.4. The molecule has 2 amide bonds. The topological polar surface area (TPSA) is 101 Å². The van der Waals surface area contributed by atoms with Crippen LogP contribution in [0.25, 0.3) is 0 Å². The van der Waals surface area contributed by atoms with Crippen LogP contribution in [-0.4, -0.2) is 98.1 Å². The first-order chi connectivity index (χ1) is 16.5. The quantitative estimate of drug-likeness (QED) is 0.663. The average molecular weight is 474 g/mol. The molecule has 4 aliphatic rings. The molecule has 0 radical (unpaired) electrons. The van der Waals surface area contributed by atoms with Gasteiger partial charge in [-0.3, -0.25) is 9.59 Å². The summed E-state index contributed by atoms with van der Waals surface area (Å²) in [6, 6.07) is 5.72. The van der Waals surface area contributed by atoms with Crippen molar-refractivity contribution in [2.75, 3.05) is 58.4 Å². The van der Waals surface area contributed by atoms with Crippen molar-refractivity contribution in [3.05, 3.63) is 23.8 Å². The largest absolute Gasteiger partial charge is 0.487 e. The fraction of sp³-hybridized carbons (Fsp3) is 0.680. The number of piperazine rings is 1. The predicted octanol–water partition coefficient (Wildman–Crippen LogP) is 1.21. The molecule has 9 nitrogen and oxygen atoms in total. The molecular formula is C25H35N3O6. The molecule has 0 unspecified atom stereocenters. The molecule has 186 valence electrons. The lowest BCUT2D eigenvalue weighted by Crippen LogP contribution is -2.50. The van der Waals surface area contributed by atoms with Gasteiger partial charge in [0.25, 0.3) is 0 Å². The summed E-state index contributed by atoms with van der Waals surface area (Å²) in [5.74, 6) is 0.857. The number of likely N-dealkylation sites (N-methyl/N-ethyl adjacent to an activating group) is 1. The summed E-state index contributed by atoms with van der Waals surface area (Å²) < 4.78 is 17.6. The number of nitrogens with one attached hydrogen (secondary N) is 1. The Hall–Kier alpha value is -2.20. The third-order valence-electron chi connectivity index (χ3n) is 7.62. The van der Waals surface area contributed by atoms with Gasteiger partial charge in [-0.25, -0.2) is 0 Å². The first kappa shape index (κ1) is 23.5. The van der Waals surface area contributed by atoms with Crippen LogP contribution in [0.5, 0.6) is 5.75 Å². The molecule has 0 spiro atoms. The third kappa shape index (κ3) is 4.93. The van der Waals surface area contributed by atoms with E-state index in [1.54, 1.807) is 0 Å². The van der Waals surface area contributed by atoms with Crippen molar-refractivity contribution in [1.82, 2.24) is 9.80 Å².